The standard InChI is InChI=1S/C15H13F3N4O2/c16-15(17,18)10-2-3-11(12(24)7-10)22-8-9-1-4-13(19-5-6-23)20-14(9)21-22/h1-4,7-8,23-24H,5-6H2,(H,19,20,21). The first kappa shape index (κ1) is 16.1. The molecule has 0 aliphatic rings. The summed E-state index contributed by atoms with van der Waals surface area (Å²) in [4.78, 5) is 4.23. The average molecular weight is 338 g/mol. The maximum Gasteiger partial charge on any atom is 0.416 e. The number of hydrogen-bond donors (Lipinski definition) is 3. The Balaban J connectivity index is 1.97. The molecule has 24 heavy (non-hydrogen) atoms. The first-order valence-electron chi connectivity index (χ1n) is 7.00. The summed E-state index contributed by atoms with van der Waals surface area (Å²) in [5, 5.41) is 26.4. The van der Waals surface area contributed by atoms with Gasteiger partial charge in [-0.1, -0.05) is 0 Å². The molecule has 6 nitrogen and oxygen atoms in total. The van der Waals surface area contributed by atoms with Crippen LogP contribution in [0.25, 0.3) is 16.7 Å². The molecular formula is C15H13F3N4O2. The van der Waals surface area contributed by atoms with Crippen molar-refractivity contribution in [3.8, 4) is 11.4 Å². The van der Waals surface area contributed by atoms with E-state index in [4.69, 9.17) is 5.11 Å². The topological polar surface area (TPSA) is 83.2 Å². The van der Waals surface area contributed by atoms with Gasteiger partial charge in [-0.05, 0) is 30.3 Å². The van der Waals surface area contributed by atoms with Crippen LogP contribution in [0.4, 0.5) is 19.0 Å². The lowest BCUT2D eigenvalue weighted by Gasteiger charge is -2.09. The molecule has 0 saturated heterocycles. The molecule has 126 valence electrons. The average Bonchev–Trinajstić information content (AvgIpc) is 2.94. The molecule has 0 radical (unpaired) electrons. The summed E-state index contributed by atoms with van der Waals surface area (Å²) in [6, 6.07) is 6.10. The Bertz CT molecular complexity index is 877. The molecule has 0 bridgehead atoms. The normalized spacial score (nSPS) is 11.8. The molecular weight excluding hydrogens is 325 g/mol. The van der Waals surface area contributed by atoms with Crippen molar-refractivity contribution >= 4 is 16.9 Å². The molecule has 0 unspecified atom stereocenters. The lowest BCUT2D eigenvalue weighted by atomic mass is 10.2. The van der Waals surface area contributed by atoms with E-state index in [-0.39, 0.29) is 12.3 Å². The van der Waals surface area contributed by atoms with Crippen molar-refractivity contribution < 1.29 is 23.4 Å². The third kappa shape index (κ3) is 3.11. The quantitative estimate of drug-likeness (QED) is 0.681. The lowest BCUT2D eigenvalue weighted by Crippen LogP contribution is -2.06. The number of aliphatic hydroxyl groups excluding tert-OH is 1. The zero-order chi connectivity index (χ0) is 17.3. The Morgan fingerprint density at radius 1 is 1.17 bits per heavy atom. The number of fused-ring (bicyclic) bond motifs is 1. The number of nitrogens with zero attached hydrogens (tertiary/aromatic N) is 3. The van der Waals surface area contributed by atoms with E-state index in [1.54, 1.807) is 18.3 Å². The molecule has 0 fully saturated rings. The van der Waals surface area contributed by atoms with Gasteiger partial charge in [-0.25, -0.2) is 9.67 Å². The zero-order valence-corrected chi connectivity index (χ0v) is 12.2. The fourth-order valence-electron chi connectivity index (χ4n) is 2.20. The van der Waals surface area contributed by atoms with Crippen LogP contribution in [0.2, 0.25) is 0 Å². The fourth-order valence-corrected chi connectivity index (χ4v) is 2.20. The van der Waals surface area contributed by atoms with Gasteiger partial charge < -0.3 is 15.5 Å². The largest absolute Gasteiger partial charge is 0.506 e. The molecule has 1 aromatic carbocycles. The number of halogens is 3. The summed E-state index contributed by atoms with van der Waals surface area (Å²) in [5.41, 5.74) is -0.461. The highest BCUT2D eigenvalue weighted by Crippen LogP contribution is 2.34. The molecule has 0 amide bonds. The first-order valence-corrected chi connectivity index (χ1v) is 7.00. The number of phenolic OH excluding ortho intramolecular Hbond substituents is 1. The van der Waals surface area contributed by atoms with Crippen LogP contribution in [-0.2, 0) is 6.18 Å². The Kier molecular flexibility index (Phi) is 4.02. The Labute approximate surface area is 134 Å². The fraction of sp³-hybridized carbons (Fsp3) is 0.200. The molecule has 2 heterocycles. The minimum atomic E-state index is -4.53. The molecule has 0 spiro atoms. The lowest BCUT2D eigenvalue weighted by molar-refractivity contribution is -0.137. The number of rotatable bonds is 4. The highest BCUT2D eigenvalue weighted by molar-refractivity contribution is 5.76. The van der Waals surface area contributed by atoms with E-state index in [0.717, 1.165) is 12.1 Å². The van der Waals surface area contributed by atoms with Crippen LogP contribution in [0.3, 0.4) is 0 Å². The first-order chi connectivity index (χ1) is 11.4. The van der Waals surface area contributed by atoms with Crippen molar-refractivity contribution in [3.05, 3.63) is 42.1 Å². The number of benzene rings is 1. The van der Waals surface area contributed by atoms with Crippen molar-refractivity contribution in [2.45, 2.75) is 6.18 Å². The summed E-state index contributed by atoms with van der Waals surface area (Å²) in [6.07, 6.45) is -2.97. The highest BCUT2D eigenvalue weighted by atomic mass is 19.4. The van der Waals surface area contributed by atoms with Gasteiger partial charge in [-0.3, -0.25) is 0 Å². The minimum absolute atomic E-state index is 0.0480. The molecule has 0 aliphatic carbocycles. The zero-order valence-electron chi connectivity index (χ0n) is 12.2. The Morgan fingerprint density at radius 3 is 2.62 bits per heavy atom. The maximum absolute atomic E-state index is 12.6. The van der Waals surface area contributed by atoms with Gasteiger partial charge in [0.1, 0.15) is 17.3 Å². The number of phenols is 1. The van der Waals surface area contributed by atoms with Crippen LogP contribution in [0.15, 0.2) is 36.5 Å². The van der Waals surface area contributed by atoms with Gasteiger partial charge >= 0.3 is 6.18 Å². The predicted molar refractivity (Wildman–Crippen MR) is 81.1 cm³/mol. The van der Waals surface area contributed by atoms with E-state index in [0.29, 0.717) is 29.5 Å². The third-order valence-electron chi connectivity index (χ3n) is 3.34. The summed E-state index contributed by atoms with van der Waals surface area (Å²) >= 11 is 0. The van der Waals surface area contributed by atoms with Crippen molar-refractivity contribution in [1.29, 1.82) is 0 Å². The molecule has 9 heteroatoms. The van der Waals surface area contributed by atoms with Gasteiger partial charge in [0, 0.05) is 18.1 Å². The SMILES string of the molecule is OCCNc1ccc2cn(-c3ccc(C(F)(F)F)cc3O)nc2n1. The molecule has 3 rings (SSSR count). The smallest absolute Gasteiger partial charge is 0.416 e. The van der Waals surface area contributed by atoms with E-state index in [1.807, 2.05) is 0 Å². The minimum Gasteiger partial charge on any atom is -0.506 e. The predicted octanol–water partition coefficient (Wildman–Crippen LogP) is 2.55. The van der Waals surface area contributed by atoms with Crippen LogP contribution >= 0.6 is 0 Å². The summed E-state index contributed by atoms with van der Waals surface area (Å²) in [6.45, 7) is 0.284. The van der Waals surface area contributed by atoms with Gasteiger partial charge in [-0.2, -0.15) is 13.2 Å². The number of alkyl halides is 3. The van der Waals surface area contributed by atoms with Crippen molar-refractivity contribution in [2.75, 3.05) is 18.5 Å². The number of pyridine rings is 1. The van der Waals surface area contributed by atoms with E-state index >= 15 is 0 Å². The molecule has 0 saturated carbocycles. The second-order valence-electron chi connectivity index (χ2n) is 5.03. The van der Waals surface area contributed by atoms with Gasteiger partial charge in [0.15, 0.2) is 5.65 Å². The van der Waals surface area contributed by atoms with Gasteiger partial charge in [0.05, 0.1) is 12.2 Å². The van der Waals surface area contributed by atoms with Gasteiger partial charge in [0.2, 0.25) is 0 Å². The molecule has 0 atom stereocenters. The van der Waals surface area contributed by atoms with Crippen molar-refractivity contribution in [3.63, 3.8) is 0 Å². The summed E-state index contributed by atoms with van der Waals surface area (Å²) < 4.78 is 39.2. The van der Waals surface area contributed by atoms with Crippen LogP contribution in [0.1, 0.15) is 5.56 Å². The molecule has 3 N–H and O–H groups in total. The molecule has 2 aromatic heterocycles. The van der Waals surface area contributed by atoms with E-state index < -0.39 is 17.5 Å². The number of aromatic hydroxyl groups is 1. The van der Waals surface area contributed by atoms with Crippen LogP contribution in [0, 0.1) is 0 Å². The number of aliphatic hydroxyl groups is 1. The highest BCUT2D eigenvalue weighted by Gasteiger charge is 2.31. The van der Waals surface area contributed by atoms with E-state index in [1.165, 1.54) is 4.68 Å². The summed E-state index contributed by atoms with van der Waals surface area (Å²) in [5.74, 6) is -0.0188. The Morgan fingerprint density at radius 2 is 1.96 bits per heavy atom. The second-order valence-corrected chi connectivity index (χ2v) is 5.03. The number of nitrogens with one attached hydrogen (secondary N) is 1. The van der Waals surface area contributed by atoms with E-state index in [9.17, 15) is 18.3 Å². The number of anilines is 1. The van der Waals surface area contributed by atoms with Crippen LogP contribution in [-0.4, -0.2) is 38.1 Å². The molecule has 3 aromatic rings. The van der Waals surface area contributed by atoms with Crippen molar-refractivity contribution in [2.24, 2.45) is 0 Å². The molecule has 0 aliphatic heterocycles. The third-order valence-corrected chi connectivity index (χ3v) is 3.34. The maximum atomic E-state index is 12.6. The number of hydrogen-bond acceptors (Lipinski definition) is 5. The van der Waals surface area contributed by atoms with E-state index in [2.05, 4.69) is 15.4 Å². The number of aromatic nitrogens is 3. The Hall–Kier alpha value is -2.81. The van der Waals surface area contributed by atoms with Crippen LogP contribution in [0.5, 0.6) is 5.75 Å². The van der Waals surface area contributed by atoms with Crippen LogP contribution < -0.4 is 5.32 Å². The van der Waals surface area contributed by atoms with Gasteiger partial charge in [-0.15, -0.1) is 5.10 Å². The second kappa shape index (κ2) is 6.00. The van der Waals surface area contributed by atoms with Gasteiger partial charge in [0.25, 0.3) is 0 Å². The monoisotopic (exact) mass is 338 g/mol. The summed E-state index contributed by atoms with van der Waals surface area (Å²) in [7, 11) is 0. The van der Waals surface area contributed by atoms with Crippen molar-refractivity contribution in [1.82, 2.24) is 14.8 Å².